The fraction of sp³-hybridized carbons (Fsp3) is 0.571. The Bertz CT molecular complexity index is 424. The fourth-order valence-electron chi connectivity index (χ4n) is 2.33. The Morgan fingerprint density at radius 2 is 2.17 bits per heavy atom. The first-order chi connectivity index (χ1) is 8.50. The largest absolute Gasteiger partial charge is 0.389 e. The zero-order chi connectivity index (χ0) is 13.3. The van der Waals surface area contributed by atoms with Gasteiger partial charge in [-0.1, -0.05) is 24.6 Å². The Balaban J connectivity index is 2.26. The first-order valence-corrected chi connectivity index (χ1v) is 7.79. The third kappa shape index (κ3) is 2.79. The summed E-state index contributed by atoms with van der Waals surface area (Å²) in [7, 11) is 0. The maximum Gasteiger partial charge on any atom is 0.0776 e. The Kier molecular flexibility index (Phi) is 4.46. The van der Waals surface area contributed by atoms with Crippen molar-refractivity contribution in [2.75, 3.05) is 17.2 Å². The van der Waals surface area contributed by atoms with Crippen LogP contribution in [0.1, 0.15) is 32.4 Å². The summed E-state index contributed by atoms with van der Waals surface area (Å²) in [6, 6.07) is 6.48. The van der Waals surface area contributed by atoms with E-state index in [1.165, 1.54) is 0 Å². The van der Waals surface area contributed by atoms with Crippen LogP contribution in [0.15, 0.2) is 18.2 Å². The van der Waals surface area contributed by atoms with Gasteiger partial charge in [-0.3, -0.25) is 0 Å². The van der Waals surface area contributed by atoms with Crippen LogP contribution in [0.5, 0.6) is 0 Å². The van der Waals surface area contributed by atoms with Crippen LogP contribution in [0.25, 0.3) is 0 Å². The molecule has 18 heavy (non-hydrogen) atoms. The highest BCUT2D eigenvalue weighted by atomic mass is 35.5. The molecule has 0 aromatic heterocycles. The van der Waals surface area contributed by atoms with Crippen LogP contribution in [0.2, 0.25) is 5.02 Å². The molecular weight excluding hydrogens is 266 g/mol. The van der Waals surface area contributed by atoms with Crippen molar-refractivity contribution in [3.05, 3.63) is 28.8 Å². The van der Waals surface area contributed by atoms with Gasteiger partial charge in [0.2, 0.25) is 0 Å². The first kappa shape index (κ1) is 14.0. The van der Waals surface area contributed by atoms with Crippen molar-refractivity contribution >= 4 is 29.1 Å². The summed E-state index contributed by atoms with van der Waals surface area (Å²) in [4.78, 5) is 2.40. The van der Waals surface area contributed by atoms with Gasteiger partial charge in [0.15, 0.2) is 0 Å². The van der Waals surface area contributed by atoms with Crippen LogP contribution in [-0.4, -0.2) is 28.7 Å². The van der Waals surface area contributed by atoms with Gasteiger partial charge < -0.3 is 10.0 Å². The highest BCUT2D eigenvalue weighted by Crippen LogP contribution is 2.32. The predicted octanol–water partition coefficient (Wildman–Crippen LogP) is 3.72. The number of aliphatic hydroxyl groups excluding tert-OH is 1. The highest BCUT2D eigenvalue weighted by Gasteiger charge is 2.25. The molecule has 3 unspecified atom stereocenters. The van der Waals surface area contributed by atoms with Crippen molar-refractivity contribution in [2.24, 2.45) is 0 Å². The maximum absolute atomic E-state index is 9.60. The van der Waals surface area contributed by atoms with Gasteiger partial charge in [0, 0.05) is 34.3 Å². The number of rotatable bonds is 2. The molecule has 0 saturated carbocycles. The number of halogens is 1. The molecular formula is C14H20ClNOS. The standard InChI is InChI=1S/C14H20ClNOS/c1-9-11(3)18-7-6-16(9)12-4-5-13(10(2)17)14(15)8-12/h4-5,8-11,17H,6-7H2,1-3H3. The number of aliphatic hydroxyl groups is 1. The molecule has 0 aliphatic carbocycles. The number of benzene rings is 1. The van der Waals surface area contributed by atoms with Crippen molar-refractivity contribution in [2.45, 2.75) is 38.2 Å². The summed E-state index contributed by atoms with van der Waals surface area (Å²) in [5, 5.41) is 10.9. The Morgan fingerprint density at radius 1 is 1.44 bits per heavy atom. The number of nitrogens with zero attached hydrogens (tertiary/aromatic N) is 1. The smallest absolute Gasteiger partial charge is 0.0776 e. The molecule has 1 saturated heterocycles. The lowest BCUT2D eigenvalue weighted by atomic mass is 10.1. The maximum atomic E-state index is 9.60. The van der Waals surface area contributed by atoms with E-state index in [4.69, 9.17) is 11.6 Å². The van der Waals surface area contributed by atoms with Gasteiger partial charge in [-0.15, -0.1) is 0 Å². The van der Waals surface area contributed by atoms with E-state index in [0.717, 1.165) is 23.5 Å². The first-order valence-electron chi connectivity index (χ1n) is 6.36. The lowest BCUT2D eigenvalue weighted by molar-refractivity contribution is 0.199. The van der Waals surface area contributed by atoms with E-state index in [1.54, 1.807) is 6.92 Å². The predicted molar refractivity (Wildman–Crippen MR) is 80.8 cm³/mol. The van der Waals surface area contributed by atoms with Gasteiger partial charge in [-0.25, -0.2) is 0 Å². The average Bonchev–Trinajstić information content (AvgIpc) is 2.32. The lowest BCUT2D eigenvalue weighted by Crippen LogP contribution is -2.44. The zero-order valence-electron chi connectivity index (χ0n) is 11.1. The second-order valence-electron chi connectivity index (χ2n) is 4.89. The van der Waals surface area contributed by atoms with Gasteiger partial charge in [0.05, 0.1) is 6.10 Å². The molecule has 1 heterocycles. The SMILES string of the molecule is CC(O)c1ccc(N2CCSC(C)C2C)cc1Cl. The van der Waals surface area contributed by atoms with Crippen molar-refractivity contribution in [3.8, 4) is 0 Å². The fourth-order valence-corrected chi connectivity index (χ4v) is 3.76. The van der Waals surface area contributed by atoms with Crippen molar-refractivity contribution in [3.63, 3.8) is 0 Å². The average molecular weight is 286 g/mol. The number of thioether (sulfide) groups is 1. The van der Waals surface area contributed by atoms with Crippen LogP contribution in [-0.2, 0) is 0 Å². The third-order valence-corrected chi connectivity index (χ3v) is 5.31. The van der Waals surface area contributed by atoms with E-state index < -0.39 is 6.10 Å². The second-order valence-corrected chi connectivity index (χ2v) is 6.78. The molecule has 3 atom stereocenters. The molecule has 100 valence electrons. The molecule has 1 aromatic rings. The molecule has 1 N–H and O–H groups in total. The number of hydrogen-bond acceptors (Lipinski definition) is 3. The van der Waals surface area contributed by atoms with E-state index in [9.17, 15) is 5.11 Å². The second kappa shape index (κ2) is 5.72. The van der Waals surface area contributed by atoms with Gasteiger partial charge >= 0.3 is 0 Å². The van der Waals surface area contributed by atoms with Gasteiger partial charge in [0.25, 0.3) is 0 Å². The number of anilines is 1. The molecule has 0 amide bonds. The molecule has 1 aromatic carbocycles. The molecule has 0 bridgehead atoms. The van der Waals surface area contributed by atoms with Gasteiger partial charge in [-0.05, 0) is 31.5 Å². The summed E-state index contributed by atoms with van der Waals surface area (Å²) >= 11 is 8.26. The van der Waals surface area contributed by atoms with Gasteiger partial charge in [-0.2, -0.15) is 11.8 Å². The minimum atomic E-state index is -0.514. The summed E-state index contributed by atoms with van der Waals surface area (Å²) < 4.78 is 0. The van der Waals surface area contributed by atoms with Crippen LogP contribution >= 0.6 is 23.4 Å². The molecule has 4 heteroatoms. The molecule has 2 nitrogen and oxygen atoms in total. The molecule has 2 rings (SSSR count). The zero-order valence-corrected chi connectivity index (χ0v) is 12.6. The van der Waals surface area contributed by atoms with Crippen molar-refractivity contribution < 1.29 is 5.11 Å². The van der Waals surface area contributed by atoms with Crippen LogP contribution in [0.3, 0.4) is 0 Å². The number of hydrogen-bond donors (Lipinski definition) is 1. The summed E-state index contributed by atoms with van der Waals surface area (Å²) in [6.45, 7) is 7.32. The monoisotopic (exact) mass is 285 g/mol. The van der Waals surface area contributed by atoms with E-state index >= 15 is 0 Å². The lowest BCUT2D eigenvalue weighted by Gasteiger charge is -2.39. The van der Waals surface area contributed by atoms with Gasteiger partial charge in [0.1, 0.15) is 0 Å². The molecule has 0 radical (unpaired) electrons. The van der Waals surface area contributed by atoms with Crippen LogP contribution < -0.4 is 4.90 Å². The van der Waals surface area contributed by atoms with Crippen LogP contribution in [0, 0.1) is 0 Å². The van der Waals surface area contributed by atoms with E-state index in [1.807, 2.05) is 23.9 Å². The Labute approximate surface area is 118 Å². The normalized spacial score (nSPS) is 26.2. The molecule has 0 spiro atoms. The quantitative estimate of drug-likeness (QED) is 0.896. The minimum absolute atomic E-state index is 0.511. The van der Waals surface area contributed by atoms with E-state index in [-0.39, 0.29) is 0 Å². The Hall–Kier alpha value is -0.380. The molecule has 1 aliphatic heterocycles. The van der Waals surface area contributed by atoms with Crippen LogP contribution in [0.4, 0.5) is 5.69 Å². The minimum Gasteiger partial charge on any atom is -0.389 e. The highest BCUT2D eigenvalue weighted by molar-refractivity contribution is 8.00. The summed E-state index contributed by atoms with van der Waals surface area (Å²) in [5.41, 5.74) is 1.96. The van der Waals surface area contributed by atoms with Crippen molar-refractivity contribution in [1.29, 1.82) is 0 Å². The molecule has 1 fully saturated rings. The van der Waals surface area contributed by atoms with E-state index in [0.29, 0.717) is 16.3 Å². The van der Waals surface area contributed by atoms with E-state index in [2.05, 4.69) is 24.8 Å². The third-order valence-electron chi connectivity index (χ3n) is 3.65. The summed E-state index contributed by atoms with van der Waals surface area (Å²) in [5.74, 6) is 1.15. The topological polar surface area (TPSA) is 23.5 Å². The van der Waals surface area contributed by atoms with Crippen molar-refractivity contribution in [1.82, 2.24) is 0 Å². The summed E-state index contributed by atoms with van der Waals surface area (Å²) in [6.07, 6.45) is -0.514. The molecule has 1 aliphatic rings. The Morgan fingerprint density at radius 3 is 2.78 bits per heavy atom.